The maximum absolute atomic E-state index is 12.2. The zero-order chi connectivity index (χ0) is 14.6. The number of nitrogens with one attached hydrogen (secondary N) is 1. The van der Waals surface area contributed by atoms with Crippen LogP contribution in [0, 0.1) is 10.8 Å². The lowest BCUT2D eigenvalue weighted by Crippen LogP contribution is -2.51. The van der Waals surface area contributed by atoms with Crippen molar-refractivity contribution in [3.63, 3.8) is 0 Å². The Hall–Kier alpha value is -1.17. The van der Waals surface area contributed by atoms with Crippen molar-refractivity contribution < 1.29 is 9.59 Å². The number of hydrogen-bond acceptors (Lipinski definition) is 3. The number of primary amides is 1. The van der Waals surface area contributed by atoms with Crippen LogP contribution in [0.25, 0.3) is 0 Å². The summed E-state index contributed by atoms with van der Waals surface area (Å²) < 4.78 is 0. The van der Waals surface area contributed by atoms with E-state index in [9.17, 15) is 9.59 Å². The Morgan fingerprint density at radius 2 is 1.61 bits per heavy atom. The van der Waals surface area contributed by atoms with Gasteiger partial charge in [0.05, 0.1) is 15.8 Å². The van der Waals surface area contributed by atoms with Gasteiger partial charge in [0.1, 0.15) is 0 Å². The zero-order valence-corrected chi connectivity index (χ0v) is 12.3. The fourth-order valence-electron chi connectivity index (χ4n) is 1.59. The molecule has 0 aliphatic carbocycles. The van der Waals surface area contributed by atoms with Crippen molar-refractivity contribution in [3.8, 4) is 0 Å². The van der Waals surface area contributed by atoms with E-state index in [2.05, 4.69) is 5.32 Å². The van der Waals surface area contributed by atoms with E-state index in [0.29, 0.717) is 12.8 Å². The van der Waals surface area contributed by atoms with E-state index < -0.39 is 16.7 Å². The van der Waals surface area contributed by atoms with Gasteiger partial charge in [0.2, 0.25) is 11.8 Å². The fraction of sp³-hybridized carbons (Fsp3) is 0.750. The van der Waals surface area contributed by atoms with E-state index in [0.717, 1.165) is 0 Å². The molecule has 0 saturated carbocycles. The molecular formula is C12H23N3O2S. The molecule has 2 amide bonds. The van der Waals surface area contributed by atoms with Gasteiger partial charge >= 0.3 is 0 Å². The van der Waals surface area contributed by atoms with Crippen LogP contribution in [0.15, 0.2) is 0 Å². The molecule has 104 valence electrons. The summed E-state index contributed by atoms with van der Waals surface area (Å²) >= 11 is 4.99. The lowest BCUT2D eigenvalue weighted by atomic mass is 9.80. The molecule has 0 spiro atoms. The number of nitrogens with two attached hydrogens (primary N) is 2. The Bertz CT molecular complexity index is 349. The second-order valence-electron chi connectivity index (χ2n) is 5.08. The largest absolute Gasteiger partial charge is 0.392 e. The number of amides is 2. The van der Waals surface area contributed by atoms with Crippen molar-refractivity contribution in [2.24, 2.45) is 22.3 Å². The Morgan fingerprint density at radius 1 is 1.17 bits per heavy atom. The van der Waals surface area contributed by atoms with Crippen molar-refractivity contribution in [3.05, 3.63) is 0 Å². The quantitative estimate of drug-likeness (QED) is 0.595. The molecule has 0 aromatic carbocycles. The van der Waals surface area contributed by atoms with E-state index in [-0.39, 0.29) is 17.4 Å². The third-order valence-electron chi connectivity index (χ3n) is 3.47. The summed E-state index contributed by atoms with van der Waals surface area (Å²) in [5.41, 5.74) is 9.28. The Balaban J connectivity index is 4.85. The molecular weight excluding hydrogens is 250 g/mol. The third-order valence-corrected chi connectivity index (χ3v) is 3.86. The number of carbonyl (C=O) groups excluding carboxylic acids is 2. The summed E-state index contributed by atoms with van der Waals surface area (Å²) in [7, 11) is 0. The first-order chi connectivity index (χ1) is 8.14. The molecule has 0 aliphatic heterocycles. The molecule has 0 unspecified atom stereocenters. The van der Waals surface area contributed by atoms with Crippen LogP contribution in [0.3, 0.4) is 0 Å². The SMILES string of the molecule is CCC(CC)(C(=O)NCC(C)(C)C(N)=O)C(N)=S. The molecule has 0 aliphatic rings. The van der Waals surface area contributed by atoms with Crippen LogP contribution in [-0.2, 0) is 9.59 Å². The highest BCUT2D eigenvalue weighted by Gasteiger charge is 2.39. The zero-order valence-electron chi connectivity index (χ0n) is 11.5. The van der Waals surface area contributed by atoms with Crippen LogP contribution in [-0.4, -0.2) is 23.3 Å². The van der Waals surface area contributed by atoms with Crippen LogP contribution in [0.4, 0.5) is 0 Å². The number of thiocarbonyl (C=S) groups is 1. The van der Waals surface area contributed by atoms with Crippen molar-refractivity contribution >= 4 is 29.0 Å². The maximum Gasteiger partial charge on any atom is 0.233 e. The molecule has 0 saturated heterocycles. The molecule has 5 N–H and O–H groups in total. The van der Waals surface area contributed by atoms with E-state index >= 15 is 0 Å². The second-order valence-corrected chi connectivity index (χ2v) is 5.52. The predicted octanol–water partition coefficient (Wildman–Crippen LogP) is 0.707. The molecule has 0 heterocycles. The highest BCUT2D eigenvalue weighted by atomic mass is 32.1. The summed E-state index contributed by atoms with van der Waals surface area (Å²) in [4.78, 5) is 23.6. The van der Waals surface area contributed by atoms with E-state index in [4.69, 9.17) is 23.7 Å². The predicted molar refractivity (Wildman–Crippen MR) is 75.8 cm³/mol. The topological polar surface area (TPSA) is 98.2 Å². The van der Waals surface area contributed by atoms with Gasteiger partial charge in [-0.1, -0.05) is 26.1 Å². The van der Waals surface area contributed by atoms with Crippen LogP contribution in [0.5, 0.6) is 0 Å². The van der Waals surface area contributed by atoms with Crippen molar-refractivity contribution in [1.82, 2.24) is 5.32 Å². The second kappa shape index (κ2) is 6.13. The summed E-state index contributed by atoms with van der Waals surface area (Å²) in [5, 5.41) is 2.72. The van der Waals surface area contributed by atoms with Gasteiger partial charge in [0, 0.05) is 6.54 Å². The average Bonchev–Trinajstić information content (AvgIpc) is 2.28. The smallest absolute Gasteiger partial charge is 0.233 e. The molecule has 0 fully saturated rings. The highest BCUT2D eigenvalue weighted by molar-refractivity contribution is 7.80. The Kier molecular flexibility index (Phi) is 5.73. The average molecular weight is 273 g/mol. The minimum Gasteiger partial charge on any atom is -0.392 e. The van der Waals surface area contributed by atoms with Crippen LogP contribution >= 0.6 is 12.2 Å². The van der Waals surface area contributed by atoms with E-state index in [1.54, 1.807) is 13.8 Å². The molecule has 18 heavy (non-hydrogen) atoms. The van der Waals surface area contributed by atoms with Gasteiger partial charge in [-0.15, -0.1) is 0 Å². The van der Waals surface area contributed by atoms with Crippen LogP contribution < -0.4 is 16.8 Å². The first-order valence-electron chi connectivity index (χ1n) is 6.02. The number of carbonyl (C=O) groups is 2. The van der Waals surface area contributed by atoms with Crippen molar-refractivity contribution in [2.75, 3.05) is 6.54 Å². The molecule has 0 rings (SSSR count). The summed E-state index contributed by atoms with van der Waals surface area (Å²) in [6.45, 7) is 7.25. The minimum absolute atomic E-state index is 0.172. The number of hydrogen-bond donors (Lipinski definition) is 3. The summed E-state index contributed by atoms with van der Waals surface area (Å²) in [6.07, 6.45) is 1.06. The Labute approximate surface area is 114 Å². The van der Waals surface area contributed by atoms with Crippen LogP contribution in [0.1, 0.15) is 40.5 Å². The van der Waals surface area contributed by atoms with Crippen molar-refractivity contribution in [1.29, 1.82) is 0 Å². The van der Waals surface area contributed by atoms with Gasteiger partial charge in [-0.25, -0.2) is 0 Å². The third kappa shape index (κ3) is 3.41. The molecule has 6 heteroatoms. The highest BCUT2D eigenvalue weighted by Crippen LogP contribution is 2.27. The minimum atomic E-state index is -0.844. The molecule has 0 radical (unpaired) electrons. The van der Waals surface area contributed by atoms with Gasteiger partial charge in [-0.2, -0.15) is 0 Å². The fourth-order valence-corrected chi connectivity index (χ4v) is 1.97. The van der Waals surface area contributed by atoms with Gasteiger partial charge in [-0.05, 0) is 26.7 Å². The first kappa shape index (κ1) is 16.8. The standard InChI is InChI=1S/C12H23N3O2S/c1-5-12(6-2,9(14)18)10(17)15-7-11(3,4)8(13)16/h5-7H2,1-4H3,(H2,13,16)(H2,14,18)(H,15,17). The van der Waals surface area contributed by atoms with Gasteiger partial charge in [0.15, 0.2) is 0 Å². The summed E-state index contributed by atoms with van der Waals surface area (Å²) in [6, 6.07) is 0. The number of rotatable bonds is 7. The van der Waals surface area contributed by atoms with Crippen molar-refractivity contribution in [2.45, 2.75) is 40.5 Å². The van der Waals surface area contributed by atoms with E-state index in [1.807, 2.05) is 13.8 Å². The van der Waals surface area contributed by atoms with Gasteiger partial charge in [0.25, 0.3) is 0 Å². The lowest BCUT2D eigenvalue weighted by Gasteiger charge is -2.31. The molecule has 5 nitrogen and oxygen atoms in total. The van der Waals surface area contributed by atoms with Gasteiger partial charge in [-0.3, -0.25) is 9.59 Å². The monoisotopic (exact) mass is 273 g/mol. The Morgan fingerprint density at radius 3 is 1.89 bits per heavy atom. The molecule has 0 aromatic rings. The molecule has 0 aromatic heterocycles. The lowest BCUT2D eigenvalue weighted by molar-refractivity contribution is -0.130. The van der Waals surface area contributed by atoms with Gasteiger partial charge < -0.3 is 16.8 Å². The normalized spacial score (nSPS) is 12.0. The van der Waals surface area contributed by atoms with Crippen LogP contribution in [0.2, 0.25) is 0 Å². The maximum atomic E-state index is 12.2. The molecule has 0 atom stereocenters. The first-order valence-corrected chi connectivity index (χ1v) is 6.43. The molecule has 0 bridgehead atoms. The summed E-state index contributed by atoms with van der Waals surface area (Å²) in [5.74, 6) is -0.703. The van der Waals surface area contributed by atoms with E-state index in [1.165, 1.54) is 0 Å².